The van der Waals surface area contributed by atoms with Gasteiger partial charge in [0.05, 0.1) is 22.9 Å². The number of nitriles is 1. The third-order valence-electron chi connectivity index (χ3n) is 6.24. The molecule has 1 aromatic heterocycles. The molecule has 2 N–H and O–H groups in total. The van der Waals surface area contributed by atoms with Crippen LogP contribution in [-0.2, 0) is 5.41 Å². The minimum absolute atomic E-state index is 0.0397. The Morgan fingerprint density at radius 2 is 1.93 bits per heavy atom. The standard InChI is InChI=1S/C23H21BrN4O/c1-23(2)16-11-19(28-7-5-26-6-8-28)17(24)10-15(16)21(29)20-14-4-3-13(12-25)9-18(14)27-22(20)23/h3-4,9-11,26-27H,5-8H2,1-2H3. The van der Waals surface area contributed by atoms with E-state index < -0.39 is 0 Å². The molecule has 2 aliphatic rings. The van der Waals surface area contributed by atoms with E-state index in [4.69, 9.17) is 0 Å². The van der Waals surface area contributed by atoms with Crippen LogP contribution in [0.1, 0.15) is 46.6 Å². The van der Waals surface area contributed by atoms with E-state index in [-0.39, 0.29) is 11.2 Å². The Labute approximate surface area is 177 Å². The maximum absolute atomic E-state index is 13.5. The zero-order valence-electron chi connectivity index (χ0n) is 16.4. The first-order chi connectivity index (χ1) is 13.9. The van der Waals surface area contributed by atoms with Crippen molar-refractivity contribution in [1.82, 2.24) is 10.3 Å². The second kappa shape index (κ2) is 6.45. The first-order valence-corrected chi connectivity index (χ1v) is 10.6. The Morgan fingerprint density at radius 1 is 1.17 bits per heavy atom. The molecule has 0 spiro atoms. The van der Waals surface area contributed by atoms with E-state index in [2.05, 4.69) is 57.1 Å². The van der Waals surface area contributed by atoms with Gasteiger partial charge in [0.15, 0.2) is 5.78 Å². The van der Waals surface area contributed by atoms with Gasteiger partial charge in [-0.3, -0.25) is 4.79 Å². The molecule has 3 aromatic rings. The number of H-pyrrole nitrogens is 1. The molecule has 1 saturated heterocycles. The van der Waals surface area contributed by atoms with Gasteiger partial charge in [0.2, 0.25) is 0 Å². The number of hydrogen-bond acceptors (Lipinski definition) is 4. The van der Waals surface area contributed by atoms with E-state index >= 15 is 0 Å². The number of nitrogens with zero attached hydrogens (tertiary/aromatic N) is 2. The summed E-state index contributed by atoms with van der Waals surface area (Å²) >= 11 is 3.72. The summed E-state index contributed by atoms with van der Waals surface area (Å²) in [6.45, 7) is 8.12. The molecule has 1 aliphatic heterocycles. The Hall–Kier alpha value is -2.62. The van der Waals surface area contributed by atoms with Gasteiger partial charge >= 0.3 is 0 Å². The fourth-order valence-corrected chi connectivity index (χ4v) is 5.25. The van der Waals surface area contributed by atoms with Gasteiger partial charge in [-0.1, -0.05) is 19.9 Å². The molecule has 5 rings (SSSR count). The van der Waals surface area contributed by atoms with Crippen LogP contribution in [0.5, 0.6) is 0 Å². The Balaban J connectivity index is 1.72. The second-order valence-corrected chi connectivity index (χ2v) is 9.14. The number of piperazine rings is 1. The van der Waals surface area contributed by atoms with Crippen molar-refractivity contribution < 1.29 is 4.79 Å². The molecule has 146 valence electrons. The number of nitrogens with one attached hydrogen (secondary N) is 2. The molecule has 0 radical (unpaired) electrons. The first kappa shape index (κ1) is 18.4. The molecular formula is C23H21BrN4O. The van der Waals surface area contributed by atoms with Gasteiger partial charge in [-0.2, -0.15) is 5.26 Å². The normalized spacial score (nSPS) is 17.7. The third kappa shape index (κ3) is 2.65. The Bertz CT molecular complexity index is 1210. The van der Waals surface area contributed by atoms with Gasteiger partial charge in [0, 0.05) is 58.2 Å². The van der Waals surface area contributed by atoms with Gasteiger partial charge in [0.1, 0.15) is 0 Å². The molecule has 0 amide bonds. The second-order valence-electron chi connectivity index (χ2n) is 8.29. The average Bonchev–Trinajstić information content (AvgIpc) is 3.12. The van der Waals surface area contributed by atoms with Crippen molar-refractivity contribution in [2.45, 2.75) is 19.3 Å². The fourth-order valence-electron chi connectivity index (χ4n) is 4.66. The Morgan fingerprint density at radius 3 is 2.66 bits per heavy atom. The monoisotopic (exact) mass is 448 g/mol. The van der Waals surface area contributed by atoms with Crippen molar-refractivity contribution in [3.05, 3.63) is 62.8 Å². The molecule has 1 aliphatic carbocycles. The number of benzene rings is 2. The van der Waals surface area contributed by atoms with Crippen LogP contribution >= 0.6 is 15.9 Å². The van der Waals surface area contributed by atoms with Crippen LogP contribution in [0.15, 0.2) is 34.8 Å². The predicted octanol–water partition coefficient (Wildman–Crippen LogP) is 4.08. The highest BCUT2D eigenvalue weighted by Gasteiger charge is 2.40. The molecule has 6 heteroatoms. The smallest absolute Gasteiger partial charge is 0.195 e. The molecule has 0 atom stereocenters. The number of rotatable bonds is 1. The molecule has 0 bridgehead atoms. The van der Waals surface area contributed by atoms with E-state index in [1.807, 2.05) is 18.2 Å². The van der Waals surface area contributed by atoms with Crippen molar-refractivity contribution in [1.29, 1.82) is 5.26 Å². The zero-order chi connectivity index (χ0) is 20.3. The third-order valence-corrected chi connectivity index (χ3v) is 6.88. The van der Waals surface area contributed by atoms with Crippen LogP contribution in [-0.4, -0.2) is 36.9 Å². The van der Waals surface area contributed by atoms with Crippen molar-refractivity contribution in [3.8, 4) is 6.07 Å². The van der Waals surface area contributed by atoms with Crippen molar-refractivity contribution >= 4 is 38.3 Å². The molecule has 1 fully saturated rings. The molecule has 29 heavy (non-hydrogen) atoms. The minimum Gasteiger partial charge on any atom is -0.368 e. The highest BCUT2D eigenvalue weighted by molar-refractivity contribution is 9.10. The van der Waals surface area contributed by atoms with Gasteiger partial charge < -0.3 is 15.2 Å². The van der Waals surface area contributed by atoms with Crippen LogP contribution in [0.2, 0.25) is 0 Å². The number of fused-ring (bicyclic) bond motifs is 4. The molecular weight excluding hydrogens is 428 g/mol. The highest BCUT2D eigenvalue weighted by atomic mass is 79.9. The minimum atomic E-state index is -0.353. The number of hydrogen-bond donors (Lipinski definition) is 2. The number of anilines is 1. The zero-order valence-corrected chi connectivity index (χ0v) is 18.0. The fraction of sp³-hybridized carbons (Fsp3) is 0.304. The van der Waals surface area contributed by atoms with Gasteiger partial charge in [0.25, 0.3) is 0 Å². The SMILES string of the molecule is CC1(C)c2cc(N3CCNCC3)c(Br)cc2C(=O)c2c1[nH]c1cc(C#N)ccc21. The van der Waals surface area contributed by atoms with Crippen LogP contribution in [0, 0.1) is 11.3 Å². The van der Waals surface area contributed by atoms with Crippen molar-refractivity contribution in [2.75, 3.05) is 31.1 Å². The predicted molar refractivity (Wildman–Crippen MR) is 118 cm³/mol. The molecule has 0 unspecified atom stereocenters. The number of carbonyl (C=O) groups excluding carboxylic acids is 1. The number of halogens is 1. The van der Waals surface area contributed by atoms with E-state index in [9.17, 15) is 10.1 Å². The summed E-state index contributed by atoms with van der Waals surface area (Å²) in [6.07, 6.45) is 0. The quantitative estimate of drug-likeness (QED) is 0.588. The maximum Gasteiger partial charge on any atom is 0.195 e. The lowest BCUT2D eigenvalue weighted by Gasteiger charge is -2.36. The van der Waals surface area contributed by atoms with E-state index in [0.29, 0.717) is 5.56 Å². The summed E-state index contributed by atoms with van der Waals surface area (Å²) in [5.41, 5.74) is 5.65. The molecule has 0 saturated carbocycles. The lowest BCUT2D eigenvalue weighted by Crippen LogP contribution is -2.44. The number of ketones is 1. The lowest BCUT2D eigenvalue weighted by atomic mass is 9.71. The van der Waals surface area contributed by atoms with Crippen LogP contribution in [0.25, 0.3) is 10.9 Å². The Kier molecular flexibility index (Phi) is 4.09. The summed E-state index contributed by atoms with van der Waals surface area (Å²) in [5, 5.41) is 13.5. The topological polar surface area (TPSA) is 71.9 Å². The van der Waals surface area contributed by atoms with Crippen molar-refractivity contribution in [2.24, 2.45) is 0 Å². The number of aromatic amines is 1. The summed E-state index contributed by atoms with van der Waals surface area (Å²) in [6, 6.07) is 11.8. The molecule has 2 heterocycles. The van der Waals surface area contributed by atoms with Gasteiger partial charge in [-0.25, -0.2) is 0 Å². The first-order valence-electron chi connectivity index (χ1n) is 9.82. The summed E-state index contributed by atoms with van der Waals surface area (Å²) in [4.78, 5) is 19.4. The van der Waals surface area contributed by atoms with Gasteiger partial charge in [-0.05, 0) is 45.8 Å². The molecule has 5 nitrogen and oxygen atoms in total. The lowest BCUT2D eigenvalue weighted by molar-refractivity contribution is 0.103. The van der Waals surface area contributed by atoms with Crippen LogP contribution in [0.4, 0.5) is 5.69 Å². The molecule has 2 aromatic carbocycles. The van der Waals surface area contributed by atoms with E-state index in [0.717, 1.165) is 69.6 Å². The van der Waals surface area contributed by atoms with Crippen LogP contribution < -0.4 is 10.2 Å². The average molecular weight is 449 g/mol. The largest absolute Gasteiger partial charge is 0.368 e. The summed E-state index contributed by atoms with van der Waals surface area (Å²) < 4.78 is 0.956. The summed E-state index contributed by atoms with van der Waals surface area (Å²) in [5.74, 6) is 0.0397. The van der Waals surface area contributed by atoms with Crippen molar-refractivity contribution in [3.63, 3.8) is 0 Å². The number of aromatic nitrogens is 1. The van der Waals surface area contributed by atoms with E-state index in [1.165, 1.54) is 0 Å². The number of carbonyl (C=O) groups is 1. The van der Waals surface area contributed by atoms with Crippen LogP contribution in [0.3, 0.4) is 0 Å². The highest BCUT2D eigenvalue weighted by Crippen LogP contribution is 2.46. The van der Waals surface area contributed by atoms with Gasteiger partial charge in [-0.15, -0.1) is 0 Å². The maximum atomic E-state index is 13.5. The van der Waals surface area contributed by atoms with E-state index in [1.54, 1.807) is 6.07 Å². The summed E-state index contributed by atoms with van der Waals surface area (Å²) in [7, 11) is 0.